The van der Waals surface area contributed by atoms with Gasteiger partial charge in [-0.15, -0.1) is 11.3 Å². The Morgan fingerprint density at radius 3 is 2.60 bits per heavy atom. The summed E-state index contributed by atoms with van der Waals surface area (Å²) < 4.78 is 0. The van der Waals surface area contributed by atoms with Crippen LogP contribution in [-0.2, 0) is 13.1 Å². The van der Waals surface area contributed by atoms with Crippen LogP contribution in [0, 0.1) is 6.92 Å². The molecule has 0 aliphatic rings. The quantitative estimate of drug-likeness (QED) is 0.746. The molecule has 2 rings (SSSR count). The fourth-order valence-electron chi connectivity index (χ4n) is 2.24. The van der Waals surface area contributed by atoms with E-state index in [1.807, 2.05) is 11.3 Å². The Balaban J connectivity index is 1.56. The highest BCUT2D eigenvalue weighted by Gasteiger charge is 2.00. The van der Waals surface area contributed by atoms with Gasteiger partial charge in [-0.3, -0.25) is 0 Å². The third kappa shape index (κ3) is 5.45. The van der Waals surface area contributed by atoms with Gasteiger partial charge in [-0.1, -0.05) is 30.3 Å². The lowest BCUT2D eigenvalue weighted by atomic mass is 10.2. The minimum absolute atomic E-state index is 1.00. The molecule has 1 aromatic heterocycles. The van der Waals surface area contributed by atoms with E-state index in [9.17, 15) is 0 Å². The van der Waals surface area contributed by atoms with Gasteiger partial charge in [0.25, 0.3) is 0 Å². The Labute approximate surface area is 126 Å². The van der Waals surface area contributed by atoms with Crippen molar-refractivity contribution in [3.63, 3.8) is 0 Å². The molecule has 0 spiro atoms. The zero-order chi connectivity index (χ0) is 14.2. The normalized spacial score (nSPS) is 11.2. The summed E-state index contributed by atoms with van der Waals surface area (Å²) in [5.74, 6) is 0. The van der Waals surface area contributed by atoms with Crippen LogP contribution < -0.4 is 5.32 Å². The van der Waals surface area contributed by atoms with Gasteiger partial charge in [0.05, 0.1) is 0 Å². The maximum absolute atomic E-state index is 3.52. The number of rotatable bonds is 8. The van der Waals surface area contributed by atoms with Gasteiger partial charge >= 0.3 is 0 Å². The second-order valence-electron chi connectivity index (χ2n) is 5.27. The molecule has 0 fully saturated rings. The predicted molar refractivity (Wildman–Crippen MR) is 88.2 cm³/mol. The van der Waals surface area contributed by atoms with E-state index in [0.29, 0.717) is 0 Å². The van der Waals surface area contributed by atoms with E-state index >= 15 is 0 Å². The van der Waals surface area contributed by atoms with E-state index in [4.69, 9.17) is 0 Å². The van der Waals surface area contributed by atoms with Crippen LogP contribution in [0.4, 0.5) is 0 Å². The molecule has 3 heteroatoms. The molecule has 2 aromatic rings. The molecule has 0 saturated carbocycles. The number of hydrogen-bond donors (Lipinski definition) is 1. The van der Waals surface area contributed by atoms with E-state index in [-0.39, 0.29) is 0 Å². The van der Waals surface area contributed by atoms with Crippen LogP contribution >= 0.6 is 11.3 Å². The second-order valence-corrected chi connectivity index (χ2v) is 6.64. The highest BCUT2D eigenvalue weighted by atomic mass is 32.1. The van der Waals surface area contributed by atoms with Crippen LogP contribution in [0.3, 0.4) is 0 Å². The predicted octanol–water partition coefficient (Wildman–Crippen LogP) is 3.67. The van der Waals surface area contributed by atoms with Crippen molar-refractivity contribution < 1.29 is 0 Å². The van der Waals surface area contributed by atoms with Crippen molar-refractivity contribution in [3.8, 4) is 0 Å². The Hall–Kier alpha value is -1.16. The monoisotopic (exact) mass is 288 g/mol. The van der Waals surface area contributed by atoms with Gasteiger partial charge < -0.3 is 10.2 Å². The van der Waals surface area contributed by atoms with Crippen LogP contribution in [0.1, 0.15) is 21.7 Å². The van der Waals surface area contributed by atoms with Crippen molar-refractivity contribution in [2.45, 2.75) is 26.4 Å². The summed E-state index contributed by atoms with van der Waals surface area (Å²) in [4.78, 5) is 5.20. The Morgan fingerprint density at radius 1 is 1.10 bits per heavy atom. The highest BCUT2D eigenvalue weighted by Crippen LogP contribution is 2.14. The van der Waals surface area contributed by atoms with E-state index in [2.05, 4.69) is 66.7 Å². The maximum atomic E-state index is 3.52. The van der Waals surface area contributed by atoms with E-state index in [1.54, 1.807) is 0 Å². The molecule has 0 bridgehead atoms. The van der Waals surface area contributed by atoms with Crippen molar-refractivity contribution in [1.82, 2.24) is 10.2 Å². The summed E-state index contributed by atoms with van der Waals surface area (Å²) in [5, 5.41) is 3.52. The van der Waals surface area contributed by atoms with Gasteiger partial charge in [0.15, 0.2) is 0 Å². The van der Waals surface area contributed by atoms with Gasteiger partial charge in [-0.05, 0) is 51.2 Å². The molecule has 108 valence electrons. The average molecular weight is 288 g/mol. The van der Waals surface area contributed by atoms with Crippen molar-refractivity contribution in [2.24, 2.45) is 0 Å². The minimum atomic E-state index is 1.00. The number of nitrogens with one attached hydrogen (secondary N) is 1. The molecule has 0 radical (unpaired) electrons. The van der Waals surface area contributed by atoms with E-state index in [0.717, 1.165) is 26.2 Å². The molecule has 1 heterocycles. The molecule has 0 saturated heterocycles. The Bertz CT molecular complexity index is 493. The minimum Gasteiger partial charge on any atom is -0.312 e. The van der Waals surface area contributed by atoms with E-state index in [1.165, 1.54) is 21.7 Å². The topological polar surface area (TPSA) is 15.3 Å². The van der Waals surface area contributed by atoms with Crippen LogP contribution in [-0.4, -0.2) is 25.0 Å². The van der Waals surface area contributed by atoms with Crippen LogP contribution in [0.25, 0.3) is 0 Å². The molecule has 2 nitrogen and oxygen atoms in total. The summed E-state index contributed by atoms with van der Waals surface area (Å²) >= 11 is 1.88. The highest BCUT2D eigenvalue weighted by molar-refractivity contribution is 7.11. The number of aryl methyl sites for hydroxylation is 1. The van der Waals surface area contributed by atoms with Crippen LogP contribution in [0.2, 0.25) is 0 Å². The summed E-state index contributed by atoms with van der Waals surface area (Å²) in [5.41, 5.74) is 1.39. The van der Waals surface area contributed by atoms with Gasteiger partial charge in [-0.2, -0.15) is 0 Å². The molecule has 1 N–H and O–H groups in total. The zero-order valence-electron chi connectivity index (χ0n) is 12.4. The average Bonchev–Trinajstić information content (AvgIpc) is 2.85. The summed E-state index contributed by atoms with van der Waals surface area (Å²) in [6.07, 6.45) is 1.19. The number of hydrogen-bond acceptors (Lipinski definition) is 3. The van der Waals surface area contributed by atoms with Gasteiger partial charge in [0, 0.05) is 22.8 Å². The molecule has 0 amide bonds. The standard InChI is InChI=1S/C17H24N2S/c1-15-9-10-17(20-15)13-18-11-6-12-19(2)14-16-7-4-3-5-8-16/h3-5,7-10,18H,6,11-14H2,1-2H3. The first-order valence-corrected chi connectivity index (χ1v) is 8.04. The summed E-state index contributed by atoms with van der Waals surface area (Å²) in [7, 11) is 2.19. The molecular formula is C17H24N2S. The van der Waals surface area contributed by atoms with Crippen LogP contribution in [0.15, 0.2) is 42.5 Å². The fraction of sp³-hybridized carbons (Fsp3) is 0.412. The van der Waals surface area contributed by atoms with Gasteiger partial charge in [0.1, 0.15) is 0 Å². The summed E-state index contributed by atoms with van der Waals surface area (Å²) in [6, 6.07) is 15.1. The first-order valence-electron chi connectivity index (χ1n) is 7.22. The SMILES string of the molecule is Cc1ccc(CNCCCN(C)Cc2ccccc2)s1. The zero-order valence-corrected chi connectivity index (χ0v) is 13.2. The second kappa shape index (κ2) is 8.20. The lowest BCUT2D eigenvalue weighted by Crippen LogP contribution is -2.23. The molecule has 1 aromatic carbocycles. The fourth-order valence-corrected chi connectivity index (χ4v) is 3.10. The number of nitrogens with zero attached hydrogens (tertiary/aromatic N) is 1. The van der Waals surface area contributed by atoms with Crippen molar-refractivity contribution in [2.75, 3.05) is 20.1 Å². The van der Waals surface area contributed by atoms with E-state index < -0.39 is 0 Å². The number of benzene rings is 1. The lowest BCUT2D eigenvalue weighted by Gasteiger charge is -2.16. The van der Waals surface area contributed by atoms with Gasteiger partial charge in [0.2, 0.25) is 0 Å². The number of thiophene rings is 1. The first kappa shape index (κ1) is 15.2. The van der Waals surface area contributed by atoms with Crippen molar-refractivity contribution in [1.29, 1.82) is 0 Å². The molecule has 20 heavy (non-hydrogen) atoms. The molecule has 0 atom stereocenters. The van der Waals surface area contributed by atoms with Crippen molar-refractivity contribution >= 4 is 11.3 Å². The molecular weight excluding hydrogens is 264 g/mol. The third-order valence-corrected chi connectivity index (χ3v) is 4.28. The molecule has 0 aliphatic carbocycles. The smallest absolute Gasteiger partial charge is 0.0299 e. The van der Waals surface area contributed by atoms with Crippen LogP contribution in [0.5, 0.6) is 0 Å². The molecule has 0 unspecified atom stereocenters. The Kier molecular flexibility index (Phi) is 6.25. The summed E-state index contributed by atoms with van der Waals surface area (Å²) in [6.45, 7) is 6.40. The van der Waals surface area contributed by atoms with Crippen molar-refractivity contribution in [3.05, 3.63) is 57.8 Å². The third-order valence-electron chi connectivity index (χ3n) is 3.28. The Morgan fingerprint density at radius 2 is 1.90 bits per heavy atom. The van der Waals surface area contributed by atoms with Gasteiger partial charge in [-0.25, -0.2) is 0 Å². The lowest BCUT2D eigenvalue weighted by molar-refractivity contribution is 0.319. The first-order chi connectivity index (χ1) is 9.74. The molecule has 0 aliphatic heterocycles. The maximum Gasteiger partial charge on any atom is 0.0299 e. The largest absolute Gasteiger partial charge is 0.312 e.